The summed E-state index contributed by atoms with van der Waals surface area (Å²) in [6, 6.07) is 0.317. The van der Waals surface area contributed by atoms with E-state index >= 15 is 0 Å². The van der Waals surface area contributed by atoms with Gasteiger partial charge in [0.1, 0.15) is 18.7 Å². The molecule has 0 saturated heterocycles. The molecule has 0 saturated carbocycles. The largest absolute Gasteiger partial charge is 0.481 e. The van der Waals surface area contributed by atoms with E-state index in [0.717, 1.165) is 22.9 Å². The average Bonchev–Trinajstić information content (AvgIpc) is 2.87. The summed E-state index contributed by atoms with van der Waals surface area (Å²) in [6.07, 6.45) is -4.82. The van der Waals surface area contributed by atoms with Crippen molar-refractivity contribution in [2.45, 2.75) is 38.0 Å². The van der Waals surface area contributed by atoms with Crippen LogP contribution in [0.5, 0.6) is 5.75 Å². The van der Waals surface area contributed by atoms with Crippen molar-refractivity contribution in [3.8, 4) is 5.75 Å². The Labute approximate surface area is 220 Å². The molecule has 2 aromatic carbocycles. The summed E-state index contributed by atoms with van der Waals surface area (Å²) in [5, 5.41) is 11.0. The van der Waals surface area contributed by atoms with Crippen LogP contribution in [0.25, 0.3) is 10.8 Å². The number of nitrogens with zero attached hydrogens (tertiary/aromatic N) is 1. The second-order valence-corrected chi connectivity index (χ2v) is 8.46. The van der Waals surface area contributed by atoms with Gasteiger partial charge in [-0.3, -0.25) is 19.2 Å². The van der Waals surface area contributed by atoms with Gasteiger partial charge in [0.05, 0.1) is 12.0 Å². The van der Waals surface area contributed by atoms with Crippen molar-refractivity contribution in [3.05, 3.63) is 75.7 Å². The van der Waals surface area contributed by atoms with Gasteiger partial charge in [0.25, 0.3) is 5.56 Å². The standard InChI is InChI=1S/C25H19F7N2O6/c1-2-17(34-6-5-11-3-4-12(25(30,31)32)7-13(11)24(34)39)23(38)33-16(9-19(36)37)18(35)10-40-22-20(28)14(26)8-15(27)21(22)29/h3-8,16-17H,2,9-10H2,1H3,(H,33,38)(H,36,37). The average molecular weight is 576 g/mol. The molecule has 40 heavy (non-hydrogen) atoms. The van der Waals surface area contributed by atoms with Crippen LogP contribution in [-0.4, -0.2) is 40.0 Å². The van der Waals surface area contributed by atoms with E-state index in [1.165, 1.54) is 13.0 Å². The molecule has 0 aliphatic carbocycles. The number of carbonyl (C=O) groups excluding carboxylic acids is 2. The van der Waals surface area contributed by atoms with E-state index in [0.29, 0.717) is 6.07 Å². The number of ketones is 1. The highest BCUT2D eigenvalue weighted by Gasteiger charge is 2.32. The number of hydrogen-bond donors (Lipinski definition) is 2. The summed E-state index contributed by atoms with van der Waals surface area (Å²) in [5.41, 5.74) is -2.08. The van der Waals surface area contributed by atoms with Crippen molar-refractivity contribution in [3.63, 3.8) is 0 Å². The Bertz CT molecular complexity index is 1510. The maximum Gasteiger partial charge on any atom is 0.416 e. The van der Waals surface area contributed by atoms with Crippen LogP contribution in [0.1, 0.15) is 31.4 Å². The van der Waals surface area contributed by atoms with E-state index in [4.69, 9.17) is 5.11 Å². The third-order valence-corrected chi connectivity index (χ3v) is 5.80. The first-order chi connectivity index (χ1) is 18.6. The van der Waals surface area contributed by atoms with Crippen LogP contribution >= 0.6 is 0 Å². The minimum atomic E-state index is -4.75. The number of halogens is 7. The summed E-state index contributed by atoms with van der Waals surface area (Å²) in [4.78, 5) is 49.9. The lowest BCUT2D eigenvalue weighted by Crippen LogP contribution is -2.47. The number of Topliss-reactive ketones (excluding diaryl/α,β-unsaturated/α-hetero) is 1. The SMILES string of the molecule is CCC(C(=O)NC(CC(=O)O)C(=O)COc1c(F)c(F)cc(F)c1F)n1ccc2ccc(C(F)(F)F)cc2c1=O. The summed E-state index contributed by atoms with van der Waals surface area (Å²) >= 11 is 0. The fourth-order valence-electron chi connectivity index (χ4n) is 3.79. The molecule has 2 atom stereocenters. The lowest BCUT2D eigenvalue weighted by Gasteiger charge is -2.22. The lowest BCUT2D eigenvalue weighted by atomic mass is 10.1. The Morgan fingerprint density at radius 3 is 2.20 bits per heavy atom. The molecule has 214 valence electrons. The van der Waals surface area contributed by atoms with E-state index in [9.17, 15) is 49.9 Å². The zero-order valence-corrected chi connectivity index (χ0v) is 20.3. The van der Waals surface area contributed by atoms with Gasteiger partial charge in [0.15, 0.2) is 23.2 Å². The van der Waals surface area contributed by atoms with Crippen molar-refractivity contribution < 1.29 is 55.0 Å². The topological polar surface area (TPSA) is 115 Å². The first-order valence-electron chi connectivity index (χ1n) is 11.4. The summed E-state index contributed by atoms with van der Waals surface area (Å²) < 4.78 is 99.2. The molecule has 0 aliphatic heterocycles. The van der Waals surface area contributed by atoms with Gasteiger partial charge in [-0.15, -0.1) is 0 Å². The highest BCUT2D eigenvalue weighted by atomic mass is 19.4. The quantitative estimate of drug-likeness (QED) is 0.277. The Kier molecular flexibility index (Phi) is 8.85. The van der Waals surface area contributed by atoms with Gasteiger partial charge in [-0.2, -0.15) is 22.0 Å². The number of benzene rings is 2. The molecule has 1 aromatic heterocycles. The molecule has 0 spiro atoms. The maximum absolute atomic E-state index is 13.8. The fraction of sp³-hybridized carbons (Fsp3) is 0.280. The Balaban J connectivity index is 1.87. The monoisotopic (exact) mass is 576 g/mol. The lowest BCUT2D eigenvalue weighted by molar-refractivity contribution is -0.141. The van der Waals surface area contributed by atoms with Crippen molar-refractivity contribution in [1.82, 2.24) is 9.88 Å². The molecule has 1 amide bonds. The number of aromatic nitrogens is 1. The number of alkyl halides is 3. The predicted octanol–water partition coefficient (Wildman–Crippen LogP) is 4.14. The third-order valence-electron chi connectivity index (χ3n) is 5.80. The number of pyridine rings is 1. The van der Waals surface area contributed by atoms with Crippen LogP contribution in [0.15, 0.2) is 41.3 Å². The highest BCUT2D eigenvalue weighted by Crippen LogP contribution is 2.31. The van der Waals surface area contributed by atoms with Crippen molar-refractivity contribution >= 4 is 28.4 Å². The molecule has 0 fully saturated rings. The molecule has 15 heteroatoms. The van der Waals surface area contributed by atoms with Crippen molar-refractivity contribution in [1.29, 1.82) is 0 Å². The zero-order chi connectivity index (χ0) is 29.9. The van der Waals surface area contributed by atoms with Crippen LogP contribution in [0, 0.1) is 23.3 Å². The van der Waals surface area contributed by atoms with Crippen molar-refractivity contribution in [2.75, 3.05) is 6.61 Å². The van der Waals surface area contributed by atoms with Gasteiger partial charge in [-0.05, 0) is 30.0 Å². The number of aliphatic carboxylic acids is 1. The number of rotatable bonds is 10. The van der Waals surface area contributed by atoms with Gasteiger partial charge in [-0.25, -0.2) is 8.78 Å². The number of fused-ring (bicyclic) bond motifs is 1. The van der Waals surface area contributed by atoms with Crippen molar-refractivity contribution in [2.24, 2.45) is 0 Å². The van der Waals surface area contributed by atoms with Crippen LogP contribution in [-0.2, 0) is 20.6 Å². The molecule has 2 unspecified atom stereocenters. The maximum atomic E-state index is 13.8. The molecule has 0 bridgehead atoms. The first kappa shape index (κ1) is 30.1. The van der Waals surface area contributed by atoms with Crippen LogP contribution in [0.2, 0.25) is 0 Å². The van der Waals surface area contributed by atoms with E-state index in [1.807, 2.05) is 0 Å². The van der Waals surface area contributed by atoms with E-state index in [2.05, 4.69) is 10.1 Å². The molecule has 0 radical (unpaired) electrons. The number of ether oxygens (including phenoxy) is 1. The van der Waals surface area contributed by atoms with Gasteiger partial charge in [0, 0.05) is 17.6 Å². The van der Waals surface area contributed by atoms with Crippen LogP contribution in [0.3, 0.4) is 0 Å². The molecule has 3 rings (SSSR count). The number of carbonyl (C=O) groups is 3. The Morgan fingerprint density at radius 1 is 1.02 bits per heavy atom. The smallest absolute Gasteiger partial charge is 0.416 e. The highest BCUT2D eigenvalue weighted by molar-refractivity contribution is 5.94. The second kappa shape index (κ2) is 11.8. The Hall–Kier alpha value is -4.43. The van der Waals surface area contributed by atoms with Gasteiger partial charge < -0.3 is 19.7 Å². The zero-order valence-electron chi connectivity index (χ0n) is 20.3. The molecule has 8 nitrogen and oxygen atoms in total. The second-order valence-electron chi connectivity index (χ2n) is 8.46. The van der Waals surface area contributed by atoms with Gasteiger partial charge in [-0.1, -0.05) is 13.0 Å². The predicted molar refractivity (Wildman–Crippen MR) is 123 cm³/mol. The third kappa shape index (κ3) is 6.40. The van der Waals surface area contributed by atoms with Gasteiger partial charge in [0.2, 0.25) is 17.5 Å². The summed E-state index contributed by atoms with van der Waals surface area (Å²) in [6.45, 7) is 0.107. The molecular weight excluding hydrogens is 557 g/mol. The number of nitrogens with one attached hydrogen (secondary N) is 1. The fourth-order valence-corrected chi connectivity index (χ4v) is 3.79. The van der Waals surface area contributed by atoms with Crippen LogP contribution < -0.4 is 15.6 Å². The first-order valence-corrected chi connectivity index (χ1v) is 11.4. The normalized spacial score (nSPS) is 13.1. The number of carboxylic acid groups (broad SMARTS) is 1. The number of amides is 1. The molecule has 2 N–H and O–H groups in total. The minimum Gasteiger partial charge on any atom is -0.481 e. The molecular formula is C25H19F7N2O6. The summed E-state index contributed by atoms with van der Waals surface area (Å²) in [7, 11) is 0. The van der Waals surface area contributed by atoms with E-state index in [1.54, 1.807) is 0 Å². The van der Waals surface area contributed by atoms with Crippen LogP contribution in [0.4, 0.5) is 30.7 Å². The minimum absolute atomic E-state index is 0.101. The van der Waals surface area contributed by atoms with E-state index < -0.39 is 89.1 Å². The molecule has 1 heterocycles. The number of carboxylic acids is 1. The van der Waals surface area contributed by atoms with E-state index in [-0.39, 0.29) is 23.3 Å². The number of hydrogen-bond acceptors (Lipinski definition) is 5. The summed E-state index contributed by atoms with van der Waals surface area (Å²) in [5.74, 6) is -13.1. The molecule has 3 aromatic rings. The Morgan fingerprint density at radius 2 is 1.65 bits per heavy atom. The van der Waals surface area contributed by atoms with Gasteiger partial charge >= 0.3 is 12.1 Å². The molecule has 0 aliphatic rings.